The number of nitrogens with one attached hydrogen (secondary N) is 1. The van der Waals surface area contributed by atoms with Crippen LogP contribution in [0.25, 0.3) is 0 Å². The zero-order chi connectivity index (χ0) is 15.0. The number of carbonyl (C=O) groups excluding carboxylic acids is 1. The minimum atomic E-state index is -0.350. The summed E-state index contributed by atoms with van der Waals surface area (Å²) in [5.74, 6) is -0.229. The molecule has 0 saturated carbocycles. The van der Waals surface area contributed by atoms with Crippen LogP contribution in [0.1, 0.15) is 37.8 Å². The summed E-state index contributed by atoms with van der Waals surface area (Å²) in [6.45, 7) is 1.88. The highest BCUT2D eigenvalue weighted by Gasteiger charge is 2.36. The number of hydrogen-bond acceptors (Lipinski definition) is 4. The van der Waals surface area contributed by atoms with Gasteiger partial charge in [-0.3, -0.25) is 4.79 Å². The summed E-state index contributed by atoms with van der Waals surface area (Å²) >= 11 is 3.36. The Morgan fingerprint density at radius 1 is 1.43 bits per heavy atom. The van der Waals surface area contributed by atoms with Gasteiger partial charge < -0.3 is 5.32 Å². The lowest BCUT2D eigenvalue weighted by molar-refractivity contribution is -0.116. The summed E-state index contributed by atoms with van der Waals surface area (Å²) in [6.07, 6.45) is 2.25. The minimum absolute atomic E-state index is 0.121. The van der Waals surface area contributed by atoms with E-state index in [1.54, 1.807) is 0 Å². The molecule has 4 nitrogen and oxygen atoms in total. The quantitative estimate of drug-likeness (QED) is 0.794. The highest BCUT2D eigenvalue weighted by atomic mass is 79.9. The van der Waals surface area contributed by atoms with Gasteiger partial charge in [0.1, 0.15) is 4.60 Å². The SMILES string of the molecule is CC1=C(C#N)C(c2cccc(Br)n2)C2=C(CCCC2=O)N1. The van der Waals surface area contributed by atoms with Crippen molar-refractivity contribution in [1.29, 1.82) is 5.26 Å². The number of aromatic nitrogens is 1. The molecule has 0 amide bonds. The molecule has 3 rings (SSSR count). The Hall–Kier alpha value is -1.93. The predicted octanol–water partition coefficient (Wildman–Crippen LogP) is 3.34. The smallest absolute Gasteiger partial charge is 0.161 e. The molecule has 2 aliphatic rings. The summed E-state index contributed by atoms with van der Waals surface area (Å²) in [4.78, 5) is 16.9. The van der Waals surface area contributed by atoms with Crippen LogP contribution in [0.3, 0.4) is 0 Å². The molecule has 0 bridgehead atoms. The highest BCUT2D eigenvalue weighted by molar-refractivity contribution is 9.10. The highest BCUT2D eigenvalue weighted by Crippen LogP contribution is 2.41. The molecule has 1 unspecified atom stereocenters. The number of allylic oxidation sites excluding steroid dienone is 4. The fourth-order valence-electron chi connectivity index (χ4n) is 3.01. The fraction of sp³-hybridized carbons (Fsp3) is 0.312. The lowest BCUT2D eigenvalue weighted by Gasteiger charge is -2.32. The fourth-order valence-corrected chi connectivity index (χ4v) is 3.37. The Morgan fingerprint density at radius 3 is 2.95 bits per heavy atom. The van der Waals surface area contributed by atoms with Crippen molar-refractivity contribution >= 4 is 21.7 Å². The van der Waals surface area contributed by atoms with Crippen LogP contribution >= 0.6 is 15.9 Å². The summed E-state index contributed by atoms with van der Waals surface area (Å²) in [6, 6.07) is 7.84. The van der Waals surface area contributed by atoms with Gasteiger partial charge in [-0.1, -0.05) is 6.07 Å². The molecule has 1 aromatic heterocycles. The van der Waals surface area contributed by atoms with Gasteiger partial charge in [0, 0.05) is 23.4 Å². The minimum Gasteiger partial charge on any atom is -0.361 e. The first kappa shape index (κ1) is 14.0. The largest absolute Gasteiger partial charge is 0.361 e. The van der Waals surface area contributed by atoms with Crippen LogP contribution in [-0.4, -0.2) is 10.8 Å². The predicted molar refractivity (Wildman–Crippen MR) is 82.0 cm³/mol. The molecule has 0 spiro atoms. The summed E-state index contributed by atoms with van der Waals surface area (Å²) in [7, 11) is 0. The number of carbonyl (C=O) groups is 1. The van der Waals surface area contributed by atoms with Gasteiger partial charge in [-0.15, -0.1) is 0 Å². The molecule has 1 aliphatic carbocycles. The molecule has 1 atom stereocenters. The zero-order valence-electron chi connectivity index (χ0n) is 11.6. The number of rotatable bonds is 1. The first-order valence-electron chi connectivity index (χ1n) is 6.88. The van der Waals surface area contributed by atoms with E-state index >= 15 is 0 Å². The van der Waals surface area contributed by atoms with Crippen molar-refractivity contribution in [3.05, 3.63) is 51.0 Å². The third-order valence-electron chi connectivity index (χ3n) is 3.93. The molecule has 1 aromatic rings. The van der Waals surface area contributed by atoms with Crippen molar-refractivity contribution in [2.24, 2.45) is 0 Å². The van der Waals surface area contributed by atoms with E-state index in [0.717, 1.165) is 29.9 Å². The van der Waals surface area contributed by atoms with Crippen molar-refractivity contribution in [2.75, 3.05) is 0 Å². The average Bonchev–Trinajstić information content (AvgIpc) is 2.46. The maximum Gasteiger partial charge on any atom is 0.161 e. The van der Waals surface area contributed by atoms with Crippen molar-refractivity contribution in [2.45, 2.75) is 32.1 Å². The Kier molecular flexibility index (Phi) is 3.64. The number of ketones is 1. The Morgan fingerprint density at radius 2 is 2.24 bits per heavy atom. The molecule has 0 saturated heterocycles. The van der Waals surface area contributed by atoms with Gasteiger partial charge in [-0.05, 0) is 47.8 Å². The van der Waals surface area contributed by atoms with E-state index in [0.29, 0.717) is 22.2 Å². The zero-order valence-corrected chi connectivity index (χ0v) is 13.2. The summed E-state index contributed by atoms with van der Waals surface area (Å²) in [5, 5.41) is 12.8. The number of nitriles is 1. The normalized spacial score (nSPS) is 21.8. The van der Waals surface area contributed by atoms with E-state index in [-0.39, 0.29) is 11.7 Å². The Balaban J connectivity index is 2.20. The maximum absolute atomic E-state index is 12.4. The van der Waals surface area contributed by atoms with Gasteiger partial charge in [-0.25, -0.2) is 4.98 Å². The van der Waals surface area contributed by atoms with Gasteiger partial charge in [0.05, 0.1) is 23.3 Å². The standard InChI is InChI=1S/C16H14BrN3O/c1-9-10(8-18)15(11-5-3-7-14(17)20-11)16-12(19-9)4-2-6-13(16)21/h3,5,7,15,19H,2,4,6H2,1H3. The van der Waals surface area contributed by atoms with Crippen LogP contribution in [0.5, 0.6) is 0 Å². The van der Waals surface area contributed by atoms with Crippen LogP contribution in [0.15, 0.2) is 45.3 Å². The second-order valence-corrected chi connectivity index (χ2v) is 6.08. The molecule has 0 fully saturated rings. The molecule has 5 heteroatoms. The molecule has 2 heterocycles. The molecule has 106 valence electrons. The summed E-state index contributed by atoms with van der Waals surface area (Å²) in [5.41, 5.74) is 3.81. The van der Waals surface area contributed by atoms with Gasteiger partial charge in [-0.2, -0.15) is 5.26 Å². The van der Waals surface area contributed by atoms with Crippen LogP contribution in [-0.2, 0) is 4.79 Å². The molecule has 1 N–H and O–H groups in total. The number of nitrogens with zero attached hydrogens (tertiary/aromatic N) is 2. The third kappa shape index (κ3) is 2.40. The first-order chi connectivity index (χ1) is 10.1. The average molecular weight is 344 g/mol. The van der Waals surface area contributed by atoms with E-state index in [1.165, 1.54) is 0 Å². The molecular weight excluding hydrogens is 330 g/mol. The van der Waals surface area contributed by atoms with Gasteiger partial charge in [0.15, 0.2) is 5.78 Å². The first-order valence-corrected chi connectivity index (χ1v) is 7.67. The van der Waals surface area contributed by atoms with E-state index in [9.17, 15) is 10.1 Å². The molecular formula is C16H14BrN3O. The number of pyridine rings is 1. The van der Waals surface area contributed by atoms with Crippen molar-refractivity contribution in [3.8, 4) is 6.07 Å². The molecule has 21 heavy (non-hydrogen) atoms. The molecule has 1 aliphatic heterocycles. The second kappa shape index (κ2) is 5.45. The van der Waals surface area contributed by atoms with Crippen LogP contribution < -0.4 is 5.32 Å². The van der Waals surface area contributed by atoms with Crippen molar-refractivity contribution in [3.63, 3.8) is 0 Å². The monoisotopic (exact) mass is 343 g/mol. The number of Topliss-reactive ketones (excluding diaryl/α,β-unsaturated/α-hetero) is 1. The van der Waals surface area contributed by atoms with Crippen molar-refractivity contribution in [1.82, 2.24) is 10.3 Å². The van der Waals surface area contributed by atoms with Crippen molar-refractivity contribution < 1.29 is 4.79 Å². The molecule has 0 radical (unpaired) electrons. The van der Waals surface area contributed by atoms with Gasteiger partial charge in [0.2, 0.25) is 0 Å². The van der Waals surface area contributed by atoms with E-state index in [4.69, 9.17) is 0 Å². The molecule has 0 aromatic carbocycles. The Labute approximate surface area is 131 Å². The summed E-state index contributed by atoms with van der Waals surface area (Å²) < 4.78 is 0.707. The lowest BCUT2D eigenvalue weighted by atomic mass is 9.77. The lowest BCUT2D eigenvalue weighted by Crippen LogP contribution is -2.31. The van der Waals surface area contributed by atoms with Gasteiger partial charge in [0.25, 0.3) is 0 Å². The number of halogens is 1. The number of hydrogen-bond donors (Lipinski definition) is 1. The maximum atomic E-state index is 12.4. The Bertz CT molecular complexity index is 727. The van der Waals surface area contributed by atoms with Crippen LogP contribution in [0.4, 0.5) is 0 Å². The van der Waals surface area contributed by atoms with E-state index in [1.807, 2.05) is 25.1 Å². The third-order valence-corrected chi connectivity index (χ3v) is 4.37. The second-order valence-electron chi connectivity index (χ2n) is 5.26. The number of dihydropyridines is 1. The van der Waals surface area contributed by atoms with Crippen LogP contribution in [0, 0.1) is 11.3 Å². The van der Waals surface area contributed by atoms with E-state index < -0.39 is 0 Å². The topological polar surface area (TPSA) is 65.8 Å². The van der Waals surface area contributed by atoms with Crippen LogP contribution in [0.2, 0.25) is 0 Å². The van der Waals surface area contributed by atoms with Gasteiger partial charge >= 0.3 is 0 Å². The van der Waals surface area contributed by atoms with E-state index in [2.05, 4.69) is 32.3 Å².